The van der Waals surface area contributed by atoms with Gasteiger partial charge in [-0.2, -0.15) is 0 Å². The van der Waals surface area contributed by atoms with E-state index in [1.807, 2.05) is 0 Å². The van der Waals surface area contributed by atoms with Crippen LogP contribution in [0.2, 0.25) is 0 Å². The minimum absolute atomic E-state index is 0.203. The molecule has 1 fully saturated rings. The van der Waals surface area contributed by atoms with Crippen molar-refractivity contribution in [3.8, 4) is 0 Å². The van der Waals surface area contributed by atoms with E-state index in [-0.39, 0.29) is 10.4 Å². The average molecular weight is 285 g/mol. The molecule has 1 saturated heterocycles. The Balaban J connectivity index is 2.32. The SMILES string of the molecule is CS(=O)(=O)c1cccnc1NC1(CN)CCOCC1. The topological polar surface area (TPSA) is 94.3 Å². The summed E-state index contributed by atoms with van der Waals surface area (Å²) in [6, 6.07) is 3.16. The Labute approximate surface area is 113 Å². The first kappa shape index (κ1) is 14.2. The minimum atomic E-state index is -3.32. The second-order valence-corrected chi connectivity index (χ2v) is 6.83. The zero-order valence-corrected chi connectivity index (χ0v) is 11.7. The fourth-order valence-corrected chi connectivity index (χ4v) is 2.96. The molecule has 0 atom stereocenters. The molecule has 6 nitrogen and oxygen atoms in total. The van der Waals surface area contributed by atoms with Crippen LogP contribution in [0.4, 0.5) is 5.82 Å². The van der Waals surface area contributed by atoms with Gasteiger partial charge in [0.2, 0.25) is 0 Å². The van der Waals surface area contributed by atoms with Gasteiger partial charge in [0, 0.05) is 32.2 Å². The molecule has 1 aromatic heterocycles. The number of pyridine rings is 1. The number of rotatable bonds is 4. The Morgan fingerprint density at radius 1 is 1.47 bits per heavy atom. The molecular weight excluding hydrogens is 266 g/mol. The second kappa shape index (κ2) is 5.44. The summed E-state index contributed by atoms with van der Waals surface area (Å²) in [5.41, 5.74) is 5.51. The zero-order chi connectivity index (χ0) is 13.9. The predicted molar refractivity (Wildman–Crippen MR) is 72.8 cm³/mol. The lowest BCUT2D eigenvalue weighted by atomic mass is 9.90. The Morgan fingerprint density at radius 3 is 2.74 bits per heavy atom. The summed E-state index contributed by atoms with van der Waals surface area (Å²) < 4.78 is 28.8. The van der Waals surface area contributed by atoms with Crippen molar-refractivity contribution in [1.82, 2.24) is 4.98 Å². The Hall–Kier alpha value is -1.18. The number of nitrogens with zero attached hydrogens (tertiary/aromatic N) is 1. The molecule has 106 valence electrons. The first-order valence-electron chi connectivity index (χ1n) is 6.18. The summed E-state index contributed by atoms with van der Waals surface area (Å²) in [7, 11) is -3.32. The molecule has 1 aliphatic rings. The highest BCUT2D eigenvalue weighted by Crippen LogP contribution is 2.27. The molecule has 0 aromatic carbocycles. The summed E-state index contributed by atoms with van der Waals surface area (Å²) in [6.45, 7) is 1.65. The van der Waals surface area contributed by atoms with Gasteiger partial charge in [-0.25, -0.2) is 13.4 Å². The quantitative estimate of drug-likeness (QED) is 0.832. The van der Waals surface area contributed by atoms with Gasteiger partial charge in [0.05, 0.1) is 5.54 Å². The number of ether oxygens (including phenoxy) is 1. The molecule has 2 rings (SSSR count). The van der Waals surface area contributed by atoms with Gasteiger partial charge in [-0.3, -0.25) is 0 Å². The van der Waals surface area contributed by atoms with Gasteiger partial charge < -0.3 is 15.8 Å². The number of sulfone groups is 1. The molecule has 1 aliphatic heterocycles. The van der Waals surface area contributed by atoms with Crippen LogP contribution in [0, 0.1) is 0 Å². The summed E-state index contributed by atoms with van der Waals surface area (Å²) in [6.07, 6.45) is 4.22. The van der Waals surface area contributed by atoms with E-state index in [0.29, 0.717) is 25.6 Å². The molecule has 3 N–H and O–H groups in total. The second-order valence-electron chi connectivity index (χ2n) is 4.84. The van der Waals surface area contributed by atoms with E-state index in [4.69, 9.17) is 10.5 Å². The van der Waals surface area contributed by atoms with Crippen LogP contribution in [0.5, 0.6) is 0 Å². The number of aromatic nitrogens is 1. The van der Waals surface area contributed by atoms with Crippen LogP contribution < -0.4 is 11.1 Å². The van der Waals surface area contributed by atoms with E-state index in [0.717, 1.165) is 12.8 Å². The Morgan fingerprint density at radius 2 is 2.16 bits per heavy atom. The normalized spacial score (nSPS) is 19.1. The van der Waals surface area contributed by atoms with Gasteiger partial charge in [0.25, 0.3) is 0 Å². The molecule has 0 saturated carbocycles. The van der Waals surface area contributed by atoms with Crippen LogP contribution in [0.15, 0.2) is 23.2 Å². The van der Waals surface area contributed by atoms with Crippen molar-refractivity contribution in [2.45, 2.75) is 23.3 Å². The lowest BCUT2D eigenvalue weighted by Crippen LogP contribution is -2.50. The van der Waals surface area contributed by atoms with E-state index in [9.17, 15) is 8.42 Å². The molecule has 19 heavy (non-hydrogen) atoms. The third-order valence-electron chi connectivity index (χ3n) is 3.39. The summed E-state index contributed by atoms with van der Waals surface area (Å²) in [5.74, 6) is 0.373. The molecule has 0 amide bonds. The monoisotopic (exact) mass is 285 g/mol. The number of nitrogens with one attached hydrogen (secondary N) is 1. The summed E-state index contributed by atoms with van der Waals surface area (Å²) in [4.78, 5) is 4.35. The third-order valence-corrected chi connectivity index (χ3v) is 4.52. The largest absolute Gasteiger partial charge is 0.381 e. The summed E-state index contributed by atoms with van der Waals surface area (Å²) in [5, 5.41) is 3.22. The van der Waals surface area contributed by atoms with Crippen molar-refractivity contribution < 1.29 is 13.2 Å². The lowest BCUT2D eigenvalue weighted by molar-refractivity contribution is 0.0626. The first-order chi connectivity index (χ1) is 8.97. The van der Waals surface area contributed by atoms with Gasteiger partial charge in [-0.15, -0.1) is 0 Å². The highest BCUT2D eigenvalue weighted by molar-refractivity contribution is 7.90. The number of hydrogen-bond donors (Lipinski definition) is 2. The average Bonchev–Trinajstić information content (AvgIpc) is 2.39. The van der Waals surface area contributed by atoms with Gasteiger partial charge in [0.15, 0.2) is 9.84 Å². The predicted octanol–water partition coefficient (Wildman–Crippen LogP) is 0.405. The van der Waals surface area contributed by atoms with Crippen LogP contribution in [0.1, 0.15) is 12.8 Å². The van der Waals surface area contributed by atoms with Crippen molar-refractivity contribution in [1.29, 1.82) is 0 Å². The minimum Gasteiger partial charge on any atom is -0.381 e. The van der Waals surface area contributed by atoms with Crippen LogP contribution in [-0.4, -0.2) is 45.0 Å². The number of anilines is 1. The molecule has 0 spiro atoms. The molecule has 7 heteroatoms. The fraction of sp³-hybridized carbons (Fsp3) is 0.583. The van der Waals surface area contributed by atoms with E-state index in [1.165, 1.54) is 6.26 Å². The van der Waals surface area contributed by atoms with E-state index in [1.54, 1.807) is 18.3 Å². The first-order valence-corrected chi connectivity index (χ1v) is 8.07. The van der Waals surface area contributed by atoms with Crippen molar-refractivity contribution in [2.24, 2.45) is 5.73 Å². The van der Waals surface area contributed by atoms with Crippen molar-refractivity contribution >= 4 is 15.7 Å². The van der Waals surface area contributed by atoms with Gasteiger partial charge in [-0.1, -0.05) is 0 Å². The van der Waals surface area contributed by atoms with Crippen LogP contribution in [0.25, 0.3) is 0 Å². The molecule has 0 unspecified atom stereocenters. The molecule has 1 aromatic rings. The molecule has 0 bridgehead atoms. The number of nitrogens with two attached hydrogens (primary N) is 1. The van der Waals surface area contributed by atoms with Crippen LogP contribution in [0.3, 0.4) is 0 Å². The Bertz CT molecular complexity index is 539. The maximum Gasteiger partial charge on any atom is 0.179 e. The third kappa shape index (κ3) is 3.23. The van der Waals surface area contributed by atoms with Crippen molar-refractivity contribution in [3.05, 3.63) is 18.3 Å². The van der Waals surface area contributed by atoms with Crippen molar-refractivity contribution in [2.75, 3.05) is 31.3 Å². The van der Waals surface area contributed by atoms with E-state index >= 15 is 0 Å². The molecular formula is C12H19N3O3S. The highest BCUT2D eigenvalue weighted by atomic mass is 32.2. The van der Waals surface area contributed by atoms with Gasteiger partial charge in [-0.05, 0) is 25.0 Å². The maximum absolute atomic E-state index is 11.8. The van der Waals surface area contributed by atoms with Crippen molar-refractivity contribution in [3.63, 3.8) is 0 Å². The smallest absolute Gasteiger partial charge is 0.179 e. The van der Waals surface area contributed by atoms with Gasteiger partial charge >= 0.3 is 0 Å². The fourth-order valence-electron chi connectivity index (χ4n) is 2.18. The molecule has 2 heterocycles. The zero-order valence-electron chi connectivity index (χ0n) is 10.9. The van der Waals surface area contributed by atoms with Crippen LogP contribution in [-0.2, 0) is 14.6 Å². The maximum atomic E-state index is 11.8. The summed E-state index contributed by atoms with van der Waals surface area (Å²) >= 11 is 0. The lowest BCUT2D eigenvalue weighted by Gasteiger charge is -2.37. The molecule has 0 aliphatic carbocycles. The Kier molecular flexibility index (Phi) is 4.07. The number of hydrogen-bond acceptors (Lipinski definition) is 6. The molecule has 0 radical (unpaired) electrons. The van der Waals surface area contributed by atoms with Crippen LogP contribution >= 0.6 is 0 Å². The van der Waals surface area contributed by atoms with Gasteiger partial charge in [0.1, 0.15) is 10.7 Å². The highest BCUT2D eigenvalue weighted by Gasteiger charge is 2.32. The van der Waals surface area contributed by atoms with E-state index in [2.05, 4.69) is 10.3 Å². The standard InChI is InChI=1S/C12H19N3O3S/c1-19(16,17)10-3-2-6-14-11(10)15-12(9-13)4-7-18-8-5-12/h2-3,6H,4-5,7-9,13H2,1H3,(H,14,15). The van der Waals surface area contributed by atoms with E-state index < -0.39 is 9.84 Å².